The molecule has 220 valence electrons. The molecule has 13 heteroatoms. The molecule has 5 rings (SSSR count). The first-order valence-electron chi connectivity index (χ1n) is 12.7. The Morgan fingerprint density at radius 1 is 1.05 bits per heavy atom. The third kappa shape index (κ3) is 6.40. The van der Waals surface area contributed by atoms with Gasteiger partial charge in [0.25, 0.3) is 5.91 Å². The number of alkyl halides is 6. The van der Waals surface area contributed by atoms with E-state index < -0.39 is 41.6 Å². The summed E-state index contributed by atoms with van der Waals surface area (Å²) in [5.74, 6) is -0.155. The monoisotopic (exact) mass is 607 g/mol. The molecule has 1 unspecified atom stereocenters. The fourth-order valence-electron chi connectivity index (χ4n) is 4.78. The van der Waals surface area contributed by atoms with Crippen LogP contribution >= 0.6 is 11.8 Å². The highest BCUT2D eigenvalue weighted by molar-refractivity contribution is 8.18. The topological polar surface area (TPSA) is 64.0 Å². The molecule has 6 nitrogen and oxygen atoms in total. The molecule has 0 saturated carbocycles. The molecule has 2 aromatic carbocycles. The number of rotatable bonds is 6. The van der Waals surface area contributed by atoms with Gasteiger partial charge in [0.1, 0.15) is 6.61 Å². The van der Waals surface area contributed by atoms with Crippen LogP contribution in [0.25, 0.3) is 6.08 Å². The first kappa shape index (κ1) is 29.5. The van der Waals surface area contributed by atoms with Gasteiger partial charge in [-0.1, -0.05) is 18.2 Å². The van der Waals surface area contributed by atoms with Crippen molar-refractivity contribution in [3.05, 3.63) is 93.6 Å². The number of nitrogens with zero attached hydrogens (tertiary/aromatic N) is 3. The van der Waals surface area contributed by atoms with E-state index in [2.05, 4.69) is 14.9 Å². The van der Waals surface area contributed by atoms with Crippen molar-refractivity contribution in [1.29, 1.82) is 0 Å². The molecule has 0 N–H and O–H groups in total. The van der Waals surface area contributed by atoms with Gasteiger partial charge in [-0.15, -0.1) is 0 Å². The second kappa shape index (κ2) is 11.7. The minimum Gasteiger partial charge on any atom is -0.493 e. The number of thioether (sulfide) groups is 1. The van der Waals surface area contributed by atoms with E-state index in [1.807, 2.05) is 12.1 Å². The van der Waals surface area contributed by atoms with Gasteiger partial charge >= 0.3 is 12.4 Å². The Balaban J connectivity index is 1.31. The highest BCUT2D eigenvalue weighted by Gasteiger charge is 2.38. The maximum atomic E-state index is 13.5. The Hall–Kier alpha value is -4.00. The number of halogens is 6. The minimum atomic E-state index is -5.01. The molecule has 1 atom stereocenters. The summed E-state index contributed by atoms with van der Waals surface area (Å²) in [6, 6.07) is 9.90. The van der Waals surface area contributed by atoms with Crippen molar-refractivity contribution in [2.45, 2.75) is 37.8 Å². The van der Waals surface area contributed by atoms with Crippen molar-refractivity contribution >= 4 is 28.9 Å². The highest BCUT2D eigenvalue weighted by atomic mass is 32.2. The van der Waals surface area contributed by atoms with E-state index in [0.717, 1.165) is 31.0 Å². The van der Waals surface area contributed by atoms with E-state index in [9.17, 15) is 31.1 Å². The number of hydrogen-bond donors (Lipinski definition) is 0. The molecular formula is C29H23F6N3O3S. The molecule has 1 fully saturated rings. The van der Waals surface area contributed by atoms with Crippen molar-refractivity contribution < 1.29 is 40.6 Å². The summed E-state index contributed by atoms with van der Waals surface area (Å²) in [6.45, 7) is 0.101. The van der Waals surface area contributed by atoms with Crippen LogP contribution in [0.15, 0.2) is 70.8 Å². The van der Waals surface area contributed by atoms with Gasteiger partial charge in [-0.3, -0.25) is 9.78 Å². The number of amides is 1. The van der Waals surface area contributed by atoms with Crippen LogP contribution < -0.4 is 9.47 Å². The zero-order valence-electron chi connectivity index (χ0n) is 22.0. The third-order valence-corrected chi connectivity index (χ3v) is 7.81. The molecule has 2 aliphatic heterocycles. The van der Waals surface area contributed by atoms with Crippen LogP contribution in [-0.2, 0) is 23.8 Å². The maximum Gasteiger partial charge on any atom is 0.416 e. The van der Waals surface area contributed by atoms with Crippen LogP contribution in [0.5, 0.6) is 11.5 Å². The molecule has 1 aromatic heterocycles. The number of likely N-dealkylation sites (tertiary alicyclic amines) is 1. The minimum absolute atomic E-state index is 0.0659. The van der Waals surface area contributed by atoms with Gasteiger partial charge in [-0.05, 0) is 72.1 Å². The summed E-state index contributed by atoms with van der Waals surface area (Å²) in [6.07, 6.45) is -2.95. The van der Waals surface area contributed by atoms with Crippen LogP contribution in [0.4, 0.5) is 26.3 Å². The molecule has 1 amide bonds. The van der Waals surface area contributed by atoms with Crippen molar-refractivity contribution in [2.24, 2.45) is 4.99 Å². The van der Waals surface area contributed by atoms with Crippen LogP contribution in [0, 0.1) is 0 Å². The zero-order valence-corrected chi connectivity index (χ0v) is 22.8. The Kier molecular flexibility index (Phi) is 8.22. The molecule has 42 heavy (non-hydrogen) atoms. The summed E-state index contributed by atoms with van der Waals surface area (Å²) < 4.78 is 90.3. The Morgan fingerprint density at radius 2 is 1.86 bits per heavy atom. The number of benzene rings is 2. The van der Waals surface area contributed by atoms with Gasteiger partial charge in [0.05, 0.1) is 29.2 Å². The van der Waals surface area contributed by atoms with E-state index in [4.69, 9.17) is 9.47 Å². The first-order chi connectivity index (χ1) is 19.9. The molecule has 0 radical (unpaired) electrons. The van der Waals surface area contributed by atoms with Gasteiger partial charge in [0, 0.05) is 24.5 Å². The molecular weight excluding hydrogens is 584 g/mol. The average Bonchev–Trinajstić information content (AvgIpc) is 3.58. The Bertz CT molecular complexity index is 1540. The fourth-order valence-corrected chi connectivity index (χ4v) is 5.77. The number of carbonyl (C=O) groups excluding carboxylic acids is 1. The number of aromatic nitrogens is 1. The van der Waals surface area contributed by atoms with E-state index >= 15 is 0 Å². The lowest BCUT2D eigenvalue weighted by Gasteiger charge is -2.25. The molecule has 3 aromatic rings. The molecule has 0 aliphatic carbocycles. The van der Waals surface area contributed by atoms with Crippen LogP contribution in [0.3, 0.4) is 0 Å². The SMILES string of the molecule is COc1cc(/C=C2/SC(N3CCCC3c3cccnc3)=NC2=O)ccc1OCc1ccc(C(F)(F)F)cc1C(F)(F)F. The normalized spacial score (nSPS) is 18.5. The third-order valence-electron chi connectivity index (χ3n) is 6.79. The first-order valence-corrected chi connectivity index (χ1v) is 13.5. The van der Waals surface area contributed by atoms with Crippen LogP contribution in [0.2, 0.25) is 0 Å². The van der Waals surface area contributed by atoms with Crippen LogP contribution in [-0.4, -0.2) is 34.6 Å². The molecule has 0 bridgehead atoms. The number of pyridine rings is 1. The highest BCUT2D eigenvalue weighted by Crippen LogP contribution is 2.41. The summed E-state index contributed by atoms with van der Waals surface area (Å²) in [5, 5.41) is 0.599. The Morgan fingerprint density at radius 3 is 2.55 bits per heavy atom. The van der Waals surface area contributed by atoms with Crippen molar-refractivity contribution in [2.75, 3.05) is 13.7 Å². The molecule has 0 spiro atoms. The van der Waals surface area contributed by atoms with Gasteiger partial charge in [-0.25, -0.2) is 0 Å². The van der Waals surface area contributed by atoms with Crippen molar-refractivity contribution in [3.63, 3.8) is 0 Å². The fraction of sp³-hybridized carbons (Fsp3) is 0.276. The lowest BCUT2D eigenvalue weighted by Crippen LogP contribution is -2.27. The number of amidine groups is 1. The molecule has 3 heterocycles. The largest absolute Gasteiger partial charge is 0.493 e. The Labute approximate surface area is 241 Å². The van der Waals surface area contributed by atoms with E-state index in [1.165, 1.54) is 24.9 Å². The quantitative estimate of drug-likeness (QED) is 0.214. The second-order valence-corrected chi connectivity index (χ2v) is 10.5. The number of ether oxygens (including phenoxy) is 2. The van der Waals surface area contributed by atoms with Gasteiger partial charge in [-0.2, -0.15) is 31.3 Å². The summed E-state index contributed by atoms with van der Waals surface area (Å²) in [7, 11) is 1.33. The van der Waals surface area contributed by atoms with Crippen molar-refractivity contribution in [1.82, 2.24) is 9.88 Å². The summed E-state index contributed by atoms with van der Waals surface area (Å²) >= 11 is 1.25. The number of carbonyl (C=O) groups is 1. The molecule has 1 saturated heterocycles. The standard InChI is InChI=1S/C29H23F6N3O3S/c1-40-24-12-17(6-9-23(24)41-16-19-7-8-20(28(30,31)32)14-21(19)29(33,34)35)13-25-26(39)37-27(42-25)38-11-3-5-22(38)18-4-2-10-36-15-18/h2,4,6-10,12-15,22H,3,5,11,16H2,1H3/b25-13+. The van der Waals surface area contributed by atoms with Gasteiger partial charge in [0.15, 0.2) is 16.7 Å². The lowest BCUT2D eigenvalue weighted by atomic mass is 10.0. The zero-order chi connectivity index (χ0) is 30.1. The van der Waals surface area contributed by atoms with Gasteiger partial charge in [0.2, 0.25) is 0 Å². The van der Waals surface area contributed by atoms with Crippen LogP contribution in [0.1, 0.15) is 46.7 Å². The van der Waals surface area contributed by atoms with E-state index in [1.54, 1.807) is 30.6 Å². The number of methoxy groups -OCH3 is 1. The maximum absolute atomic E-state index is 13.5. The predicted octanol–water partition coefficient (Wildman–Crippen LogP) is 7.51. The van der Waals surface area contributed by atoms with Crippen molar-refractivity contribution in [3.8, 4) is 11.5 Å². The number of hydrogen-bond acceptors (Lipinski definition) is 6. The molecule has 2 aliphatic rings. The smallest absolute Gasteiger partial charge is 0.416 e. The average molecular weight is 608 g/mol. The summed E-state index contributed by atoms with van der Waals surface area (Å²) in [5.41, 5.74) is -1.70. The van der Waals surface area contributed by atoms with E-state index in [-0.39, 0.29) is 23.6 Å². The predicted molar refractivity (Wildman–Crippen MR) is 145 cm³/mol. The number of aliphatic imine (C=N–C) groups is 1. The summed E-state index contributed by atoms with van der Waals surface area (Å²) in [4.78, 5) is 23.7. The van der Waals surface area contributed by atoms with E-state index in [0.29, 0.717) is 21.7 Å². The lowest BCUT2D eigenvalue weighted by molar-refractivity contribution is -0.143. The van der Waals surface area contributed by atoms with Gasteiger partial charge < -0.3 is 14.4 Å². The second-order valence-electron chi connectivity index (χ2n) is 9.51.